The predicted molar refractivity (Wildman–Crippen MR) is 118 cm³/mol. The van der Waals surface area contributed by atoms with Crippen molar-refractivity contribution in [2.45, 2.75) is 32.2 Å². The van der Waals surface area contributed by atoms with Crippen LogP contribution in [-0.2, 0) is 11.3 Å². The molecule has 3 rings (SSSR count). The Kier molecular flexibility index (Phi) is 7.90. The molecule has 0 spiro atoms. The highest BCUT2D eigenvalue weighted by atomic mass is 16.5. The molecule has 2 aromatic rings. The smallest absolute Gasteiger partial charge is 0.219 e. The van der Waals surface area contributed by atoms with E-state index in [9.17, 15) is 0 Å². The Morgan fingerprint density at radius 2 is 1.83 bits per heavy atom. The zero-order valence-corrected chi connectivity index (χ0v) is 18.1. The zero-order chi connectivity index (χ0) is 21.2. The highest BCUT2D eigenvalue weighted by Crippen LogP contribution is 2.43. The molecule has 0 bridgehead atoms. The fourth-order valence-electron chi connectivity index (χ4n) is 3.53. The van der Waals surface area contributed by atoms with Crippen LogP contribution in [0, 0.1) is 5.41 Å². The maximum Gasteiger partial charge on any atom is 0.219 e. The van der Waals surface area contributed by atoms with Gasteiger partial charge in [0.1, 0.15) is 11.5 Å². The lowest BCUT2D eigenvalue weighted by atomic mass is 9.67. The van der Waals surface area contributed by atoms with Gasteiger partial charge >= 0.3 is 0 Å². The standard InChI is InChI=1S/C23H32N4O3/c1-24-22(27-17-23(11-4-12-23)13-14-28-2)26-16-18-5-10-21(25-15-18)30-20-8-6-19(29-3)7-9-20/h5-10,15H,4,11-14,16-17H2,1-3H3,(H2,24,26,27). The quantitative estimate of drug-likeness (QED) is 0.457. The molecule has 1 aliphatic carbocycles. The number of methoxy groups -OCH3 is 2. The topological polar surface area (TPSA) is 77.0 Å². The SMILES string of the molecule is CN=C(NCc1ccc(Oc2ccc(OC)cc2)nc1)NCC1(CCOC)CCC1. The Balaban J connectivity index is 1.46. The average molecular weight is 413 g/mol. The van der Waals surface area contributed by atoms with Gasteiger partial charge in [0.05, 0.1) is 7.11 Å². The number of hydrogen-bond acceptors (Lipinski definition) is 5. The van der Waals surface area contributed by atoms with E-state index in [2.05, 4.69) is 20.6 Å². The summed E-state index contributed by atoms with van der Waals surface area (Å²) in [6.07, 6.45) is 6.70. The minimum Gasteiger partial charge on any atom is -0.497 e. The van der Waals surface area contributed by atoms with Crippen LogP contribution in [-0.4, -0.2) is 45.4 Å². The van der Waals surface area contributed by atoms with Gasteiger partial charge in [0.25, 0.3) is 0 Å². The van der Waals surface area contributed by atoms with Gasteiger partial charge in [-0.15, -0.1) is 0 Å². The van der Waals surface area contributed by atoms with E-state index in [0.29, 0.717) is 17.8 Å². The first-order valence-electron chi connectivity index (χ1n) is 10.4. The Hall–Kier alpha value is -2.80. The summed E-state index contributed by atoms with van der Waals surface area (Å²) in [5, 5.41) is 6.83. The molecular weight excluding hydrogens is 380 g/mol. The van der Waals surface area contributed by atoms with Crippen molar-refractivity contribution in [1.29, 1.82) is 0 Å². The Morgan fingerprint density at radius 3 is 2.40 bits per heavy atom. The molecule has 1 aromatic heterocycles. The van der Waals surface area contributed by atoms with Gasteiger partial charge in [0, 0.05) is 46.1 Å². The second-order valence-electron chi connectivity index (χ2n) is 7.66. The number of guanidine groups is 1. The summed E-state index contributed by atoms with van der Waals surface area (Å²) in [6.45, 7) is 2.37. The molecule has 1 fully saturated rings. The first-order chi connectivity index (χ1) is 14.7. The molecule has 1 saturated carbocycles. The molecule has 1 aromatic carbocycles. The lowest BCUT2D eigenvalue weighted by Gasteiger charge is -2.42. The Labute approximate surface area is 178 Å². The van der Waals surface area contributed by atoms with Gasteiger partial charge in [0.2, 0.25) is 5.88 Å². The van der Waals surface area contributed by atoms with Crippen molar-refractivity contribution >= 4 is 5.96 Å². The zero-order valence-electron chi connectivity index (χ0n) is 18.1. The van der Waals surface area contributed by atoms with Gasteiger partial charge in [-0.1, -0.05) is 12.5 Å². The van der Waals surface area contributed by atoms with E-state index in [1.165, 1.54) is 19.3 Å². The van der Waals surface area contributed by atoms with Crippen LogP contribution in [0.15, 0.2) is 47.6 Å². The lowest BCUT2D eigenvalue weighted by Crippen LogP contribution is -2.46. The minimum absolute atomic E-state index is 0.343. The van der Waals surface area contributed by atoms with E-state index in [1.54, 1.807) is 21.3 Å². The molecule has 0 aliphatic heterocycles. The largest absolute Gasteiger partial charge is 0.497 e. The molecule has 7 nitrogen and oxygen atoms in total. The summed E-state index contributed by atoms with van der Waals surface area (Å²) in [4.78, 5) is 8.73. The summed E-state index contributed by atoms with van der Waals surface area (Å²) in [6, 6.07) is 11.3. The number of aliphatic imine (C=N–C) groups is 1. The molecule has 0 amide bonds. The number of nitrogens with one attached hydrogen (secondary N) is 2. The van der Waals surface area contributed by atoms with Gasteiger partial charge in [-0.05, 0) is 54.5 Å². The molecule has 0 radical (unpaired) electrons. The normalized spacial score (nSPS) is 15.2. The maximum absolute atomic E-state index is 5.77. The van der Waals surface area contributed by atoms with E-state index < -0.39 is 0 Å². The minimum atomic E-state index is 0.343. The molecule has 1 heterocycles. The molecule has 0 saturated heterocycles. The second kappa shape index (κ2) is 10.8. The van der Waals surface area contributed by atoms with Gasteiger partial charge in [-0.25, -0.2) is 4.98 Å². The predicted octanol–water partition coefficient (Wildman–Crippen LogP) is 3.75. The van der Waals surface area contributed by atoms with Crippen LogP contribution in [0.3, 0.4) is 0 Å². The van der Waals surface area contributed by atoms with Crippen LogP contribution in [0.1, 0.15) is 31.2 Å². The van der Waals surface area contributed by atoms with Crippen molar-refractivity contribution in [3.8, 4) is 17.4 Å². The van der Waals surface area contributed by atoms with Crippen LogP contribution in [0.25, 0.3) is 0 Å². The summed E-state index contributed by atoms with van der Waals surface area (Å²) >= 11 is 0. The fourth-order valence-corrected chi connectivity index (χ4v) is 3.53. The molecular formula is C23H32N4O3. The summed E-state index contributed by atoms with van der Waals surface area (Å²) in [5.74, 6) is 2.87. The second-order valence-corrected chi connectivity index (χ2v) is 7.66. The van der Waals surface area contributed by atoms with Crippen LogP contribution < -0.4 is 20.1 Å². The van der Waals surface area contributed by atoms with Crippen LogP contribution in [0.4, 0.5) is 0 Å². The molecule has 162 valence electrons. The number of pyridine rings is 1. The molecule has 2 N–H and O–H groups in total. The Morgan fingerprint density at radius 1 is 1.07 bits per heavy atom. The van der Waals surface area contributed by atoms with Crippen LogP contribution >= 0.6 is 0 Å². The third kappa shape index (κ3) is 6.10. The van der Waals surface area contributed by atoms with E-state index in [1.807, 2.05) is 42.6 Å². The fraction of sp³-hybridized carbons (Fsp3) is 0.478. The third-order valence-corrected chi connectivity index (χ3v) is 5.64. The number of benzene rings is 1. The maximum atomic E-state index is 5.77. The molecule has 1 aliphatic rings. The van der Waals surface area contributed by atoms with E-state index in [0.717, 1.165) is 42.6 Å². The highest BCUT2D eigenvalue weighted by molar-refractivity contribution is 5.79. The van der Waals surface area contributed by atoms with Gasteiger partial charge in [-0.3, -0.25) is 4.99 Å². The van der Waals surface area contributed by atoms with Gasteiger partial charge in [0.15, 0.2) is 5.96 Å². The molecule has 0 unspecified atom stereocenters. The summed E-state index contributed by atoms with van der Waals surface area (Å²) in [7, 11) is 5.20. The molecule has 30 heavy (non-hydrogen) atoms. The van der Waals surface area contributed by atoms with Crippen LogP contribution in [0.2, 0.25) is 0 Å². The van der Waals surface area contributed by atoms with E-state index in [-0.39, 0.29) is 0 Å². The lowest BCUT2D eigenvalue weighted by molar-refractivity contribution is 0.0732. The summed E-state index contributed by atoms with van der Waals surface area (Å²) in [5.41, 5.74) is 1.40. The first-order valence-corrected chi connectivity index (χ1v) is 10.4. The van der Waals surface area contributed by atoms with Crippen molar-refractivity contribution in [2.75, 3.05) is 34.4 Å². The number of nitrogens with zero attached hydrogens (tertiary/aromatic N) is 2. The van der Waals surface area contributed by atoms with Crippen molar-refractivity contribution in [2.24, 2.45) is 10.4 Å². The van der Waals surface area contributed by atoms with Gasteiger partial charge in [-0.2, -0.15) is 0 Å². The van der Waals surface area contributed by atoms with Gasteiger partial charge < -0.3 is 24.8 Å². The molecule has 7 heteroatoms. The third-order valence-electron chi connectivity index (χ3n) is 5.64. The monoisotopic (exact) mass is 412 g/mol. The van der Waals surface area contributed by atoms with E-state index in [4.69, 9.17) is 14.2 Å². The summed E-state index contributed by atoms with van der Waals surface area (Å²) < 4.78 is 16.2. The number of rotatable bonds is 10. The van der Waals surface area contributed by atoms with E-state index >= 15 is 0 Å². The first kappa shape index (κ1) is 21.9. The van der Waals surface area contributed by atoms with Crippen molar-refractivity contribution < 1.29 is 14.2 Å². The highest BCUT2D eigenvalue weighted by Gasteiger charge is 2.36. The number of ether oxygens (including phenoxy) is 3. The van der Waals surface area contributed by atoms with Crippen molar-refractivity contribution in [1.82, 2.24) is 15.6 Å². The Bertz CT molecular complexity index is 802. The number of hydrogen-bond donors (Lipinski definition) is 2. The molecule has 0 atom stereocenters. The van der Waals surface area contributed by atoms with Crippen LogP contribution in [0.5, 0.6) is 17.4 Å². The number of aromatic nitrogens is 1. The average Bonchev–Trinajstić information content (AvgIpc) is 2.76. The van der Waals surface area contributed by atoms with Crippen molar-refractivity contribution in [3.63, 3.8) is 0 Å². The van der Waals surface area contributed by atoms with Crippen molar-refractivity contribution in [3.05, 3.63) is 48.2 Å².